The Hall–Kier alpha value is -1.99. The lowest BCUT2D eigenvalue weighted by Crippen LogP contribution is -2.39. The van der Waals surface area contributed by atoms with Crippen LogP contribution in [-0.2, 0) is 6.42 Å². The number of hydrogen-bond acceptors (Lipinski definition) is 4. The monoisotopic (exact) mass is 349 g/mol. The fraction of sp³-hybridized carbons (Fsp3) is 0.412. The zero-order chi connectivity index (χ0) is 17.1. The highest BCUT2D eigenvalue weighted by molar-refractivity contribution is 7.15. The Morgan fingerprint density at radius 3 is 2.75 bits per heavy atom. The smallest absolute Gasteiger partial charge is 0.323 e. The van der Waals surface area contributed by atoms with Gasteiger partial charge in [-0.05, 0) is 37.0 Å². The van der Waals surface area contributed by atoms with Crippen molar-refractivity contribution in [3.8, 4) is 0 Å². The van der Waals surface area contributed by atoms with E-state index in [0.29, 0.717) is 10.7 Å². The minimum absolute atomic E-state index is 0.144. The number of carbonyl (C=O) groups excluding carboxylic acids is 1. The number of benzene rings is 1. The molecule has 7 heteroatoms. The number of halogens is 1. The summed E-state index contributed by atoms with van der Waals surface area (Å²) in [5, 5.41) is 13.7. The van der Waals surface area contributed by atoms with Crippen molar-refractivity contribution in [1.82, 2.24) is 9.88 Å². The Kier molecular flexibility index (Phi) is 5.11. The van der Waals surface area contributed by atoms with Crippen LogP contribution in [0.1, 0.15) is 36.3 Å². The van der Waals surface area contributed by atoms with Gasteiger partial charge in [0.15, 0.2) is 5.13 Å². The summed E-state index contributed by atoms with van der Waals surface area (Å²) in [5.74, 6) is -0.349. The SMILES string of the molecule is CCc1cnc(NC(=O)N(CC(O)c2ccc(F)cc2)C2CC2)s1. The summed E-state index contributed by atoms with van der Waals surface area (Å²) in [4.78, 5) is 19.5. The molecule has 1 aromatic heterocycles. The quantitative estimate of drug-likeness (QED) is 0.838. The molecule has 128 valence electrons. The molecule has 0 aliphatic heterocycles. The van der Waals surface area contributed by atoms with Gasteiger partial charge in [0.2, 0.25) is 0 Å². The fourth-order valence-electron chi connectivity index (χ4n) is 2.45. The Labute approximate surface area is 144 Å². The van der Waals surface area contributed by atoms with Gasteiger partial charge in [0, 0.05) is 17.1 Å². The Morgan fingerprint density at radius 1 is 1.46 bits per heavy atom. The Bertz CT molecular complexity index is 700. The number of urea groups is 1. The topological polar surface area (TPSA) is 65.5 Å². The summed E-state index contributed by atoms with van der Waals surface area (Å²) in [6, 6.07) is 5.58. The van der Waals surface area contributed by atoms with Crippen LogP contribution in [0.2, 0.25) is 0 Å². The van der Waals surface area contributed by atoms with Crippen LogP contribution in [0.5, 0.6) is 0 Å². The third kappa shape index (κ3) is 4.10. The van der Waals surface area contributed by atoms with Gasteiger partial charge < -0.3 is 10.0 Å². The van der Waals surface area contributed by atoms with E-state index >= 15 is 0 Å². The van der Waals surface area contributed by atoms with Crippen molar-refractivity contribution in [3.05, 3.63) is 46.7 Å². The van der Waals surface area contributed by atoms with Crippen molar-refractivity contribution in [2.45, 2.75) is 38.3 Å². The van der Waals surface area contributed by atoms with Crippen molar-refractivity contribution in [2.75, 3.05) is 11.9 Å². The largest absolute Gasteiger partial charge is 0.387 e. The Morgan fingerprint density at radius 2 is 2.17 bits per heavy atom. The molecule has 0 spiro atoms. The van der Waals surface area contributed by atoms with Crippen molar-refractivity contribution < 1.29 is 14.3 Å². The first-order valence-corrected chi connectivity index (χ1v) is 8.84. The molecule has 2 aromatic rings. The van der Waals surface area contributed by atoms with Gasteiger partial charge in [0.25, 0.3) is 0 Å². The van der Waals surface area contributed by atoms with Gasteiger partial charge >= 0.3 is 6.03 Å². The van der Waals surface area contributed by atoms with Gasteiger partial charge in [-0.1, -0.05) is 19.1 Å². The van der Waals surface area contributed by atoms with E-state index in [-0.39, 0.29) is 24.4 Å². The molecule has 0 saturated heterocycles. The molecule has 1 unspecified atom stereocenters. The summed E-state index contributed by atoms with van der Waals surface area (Å²) in [7, 11) is 0. The number of nitrogens with zero attached hydrogens (tertiary/aromatic N) is 2. The Balaban J connectivity index is 1.65. The second-order valence-corrected chi connectivity index (χ2v) is 6.98. The number of aliphatic hydroxyl groups excluding tert-OH is 1. The zero-order valence-corrected chi connectivity index (χ0v) is 14.2. The van der Waals surface area contributed by atoms with E-state index in [0.717, 1.165) is 24.1 Å². The van der Waals surface area contributed by atoms with E-state index in [4.69, 9.17) is 0 Å². The molecule has 0 bridgehead atoms. The summed E-state index contributed by atoms with van der Waals surface area (Å²) < 4.78 is 13.0. The molecule has 2 N–H and O–H groups in total. The van der Waals surface area contributed by atoms with E-state index in [1.165, 1.54) is 35.6 Å². The number of amides is 2. The number of carbonyl (C=O) groups is 1. The van der Waals surface area contributed by atoms with Crippen molar-refractivity contribution in [2.24, 2.45) is 0 Å². The summed E-state index contributed by atoms with van der Waals surface area (Å²) in [5.41, 5.74) is 0.595. The molecule has 1 aliphatic rings. The maximum absolute atomic E-state index is 13.0. The average Bonchev–Trinajstić information content (AvgIpc) is 3.32. The number of aryl methyl sites for hydroxylation is 1. The molecule has 1 aromatic carbocycles. The highest BCUT2D eigenvalue weighted by atomic mass is 32.1. The molecule has 1 fully saturated rings. The molecule has 2 amide bonds. The number of hydrogen-bond donors (Lipinski definition) is 2. The third-order valence-corrected chi connectivity index (χ3v) is 5.05. The van der Waals surface area contributed by atoms with Gasteiger partial charge in [0.05, 0.1) is 12.6 Å². The number of aromatic nitrogens is 1. The van der Waals surface area contributed by atoms with Crippen LogP contribution in [0.4, 0.5) is 14.3 Å². The molecule has 24 heavy (non-hydrogen) atoms. The van der Waals surface area contributed by atoms with Crippen LogP contribution in [0.3, 0.4) is 0 Å². The highest BCUT2D eigenvalue weighted by Gasteiger charge is 2.34. The van der Waals surface area contributed by atoms with Gasteiger partial charge in [-0.3, -0.25) is 5.32 Å². The number of aliphatic hydroxyl groups is 1. The van der Waals surface area contributed by atoms with E-state index in [2.05, 4.69) is 10.3 Å². The summed E-state index contributed by atoms with van der Waals surface area (Å²) in [6.45, 7) is 2.21. The first-order valence-electron chi connectivity index (χ1n) is 8.02. The first kappa shape index (κ1) is 16.9. The average molecular weight is 349 g/mol. The van der Waals surface area contributed by atoms with Gasteiger partial charge in [-0.15, -0.1) is 11.3 Å². The van der Waals surface area contributed by atoms with E-state index in [9.17, 15) is 14.3 Å². The molecule has 1 atom stereocenters. The lowest BCUT2D eigenvalue weighted by atomic mass is 10.1. The molecule has 0 radical (unpaired) electrons. The number of thiazole rings is 1. The van der Waals surface area contributed by atoms with E-state index < -0.39 is 6.10 Å². The minimum Gasteiger partial charge on any atom is -0.387 e. The number of anilines is 1. The summed E-state index contributed by atoms with van der Waals surface area (Å²) >= 11 is 1.45. The second kappa shape index (κ2) is 7.27. The van der Waals surface area contributed by atoms with Crippen LogP contribution >= 0.6 is 11.3 Å². The molecule has 3 rings (SSSR count). The molecule has 1 heterocycles. The highest BCUT2D eigenvalue weighted by Crippen LogP contribution is 2.30. The standard InChI is InChI=1S/C17H20FN3O2S/c1-2-14-9-19-16(24-14)20-17(23)21(13-7-8-13)10-15(22)11-3-5-12(18)6-4-11/h3-6,9,13,15,22H,2,7-8,10H2,1H3,(H,19,20,23). The predicted octanol–water partition coefficient (Wildman–Crippen LogP) is 3.57. The normalized spacial score (nSPS) is 15.1. The zero-order valence-electron chi connectivity index (χ0n) is 13.4. The van der Waals surface area contributed by atoms with Crippen LogP contribution in [0.25, 0.3) is 0 Å². The van der Waals surface area contributed by atoms with Crippen LogP contribution in [-0.4, -0.2) is 33.6 Å². The molecule has 5 nitrogen and oxygen atoms in total. The van der Waals surface area contributed by atoms with Gasteiger partial charge in [-0.25, -0.2) is 14.2 Å². The predicted molar refractivity (Wildman–Crippen MR) is 91.6 cm³/mol. The molecule has 1 aliphatic carbocycles. The number of nitrogens with one attached hydrogen (secondary N) is 1. The van der Waals surface area contributed by atoms with Gasteiger partial charge in [0.1, 0.15) is 5.82 Å². The summed E-state index contributed by atoms with van der Waals surface area (Å²) in [6.07, 6.45) is 3.65. The number of rotatable bonds is 6. The van der Waals surface area contributed by atoms with E-state index in [1.54, 1.807) is 11.1 Å². The second-order valence-electron chi connectivity index (χ2n) is 5.87. The van der Waals surface area contributed by atoms with Crippen molar-refractivity contribution in [1.29, 1.82) is 0 Å². The van der Waals surface area contributed by atoms with Crippen LogP contribution < -0.4 is 5.32 Å². The van der Waals surface area contributed by atoms with Crippen LogP contribution in [0.15, 0.2) is 30.5 Å². The first-order chi connectivity index (χ1) is 11.6. The lowest BCUT2D eigenvalue weighted by molar-refractivity contribution is 0.123. The van der Waals surface area contributed by atoms with Crippen LogP contribution in [0, 0.1) is 5.82 Å². The van der Waals surface area contributed by atoms with Crippen molar-refractivity contribution >= 4 is 22.5 Å². The van der Waals surface area contributed by atoms with E-state index in [1.807, 2.05) is 6.92 Å². The molecular weight excluding hydrogens is 329 g/mol. The minimum atomic E-state index is -0.848. The maximum Gasteiger partial charge on any atom is 0.323 e. The molecule has 1 saturated carbocycles. The van der Waals surface area contributed by atoms with Crippen molar-refractivity contribution in [3.63, 3.8) is 0 Å². The lowest BCUT2D eigenvalue weighted by Gasteiger charge is -2.25. The molecular formula is C17H20FN3O2S. The van der Waals surface area contributed by atoms with Gasteiger partial charge in [-0.2, -0.15) is 0 Å². The maximum atomic E-state index is 13.0. The fourth-order valence-corrected chi connectivity index (χ4v) is 3.19. The third-order valence-electron chi connectivity index (χ3n) is 3.99.